The van der Waals surface area contributed by atoms with Crippen LogP contribution in [0.15, 0.2) is 29.9 Å². The number of fused-ring (bicyclic) bond motifs is 1. The van der Waals surface area contributed by atoms with Crippen molar-refractivity contribution in [3.05, 3.63) is 46.0 Å². The molecule has 1 nitrogen and oxygen atoms in total. The van der Waals surface area contributed by atoms with Crippen LogP contribution in [-0.4, -0.2) is 5.60 Å². The second-order valence-electron chi connectivity index (χ2n) is 6.11. The first kappa shape index (κ1) is 13.8. The fourth-order valence-corrected chi connectivity index (χ4v) is 3.41. The van der Waals surface area contributed by atoms with Gasteiger partial charge in [0.05, 0.1) is 0 Å². The Hall–Kier alpha value is -1.21. The Morgan fingerprint density at radius 2 is 2.00 bits per heavy atom. The van der Waals surface area contributed by atoms with Gasteiger partial charge < -0.3 is 4.74 Å². The fraction of sp³-hybridized carbons (Fsp3) is 0.444. The first-order chi connectivity index (χ1) is 9.49. The highest BCUT2D eigenvalue weighted by Crippen LogP contribution is 2.43. The Morgan fingerprint density at radius 3 is 2.70 bits per heavy atom. The summed E-state index contributed by atoms with van der Waals surface area (Å²) in [5, 5.41) is 0.806. The van der Waals surface area contributed by atoms with Crippen molar-refractivity contribution in [3.8, 4) is 5.75 Å². The van der Waals surface area contributed by atoms with Crippen molar-refractivity contribution in [2.24, 2.45) is 0 Å². The SMILES string of the molecule is CC1=C[C@](C)(C2=CCCCC2)Oc2cc(C)c(Cl)cc21. The van der Waals surface area contributed by atoms with Crippen LogP contribution in [0.5, 0.6) is 5.75 Å². The van der Waals surface area contributed by atoms with Crippen LogP contribution in [0, 0.1) is 6.92 Å². The van der Waals surface area contributed by atoms with Gasteiger partial charge in [-0.1, -0.05) is 17.7 Å². The van der Waals surface area contributed by atoms with Gasteiger partial charge in [-0.2, -0.15) is 0 Å². The van der Waals surface area contributed by atoms with Gasteiger partial charge in [0.25, 0.3) is 0 Å². The molecule has 1 aliphatic heterocycles. The molecule has 0 amide bonds. The highest BCUT2D eigenvalue weighted by atomic mass is 35.5. The van der Waals surface area contributed by atoms with Crippen molar-refractivity contribution in [3.63, 3.8) is 0 Å². The number of aryl methyl sites for hydroxylation is 1. The lowest BCUT2D eigenvalue weighted by Gasteiger charge is -2.37. The van der Waals surface area contributed by atoms with Crippen LogP contribution in [0.1, 0.15) is 50.7 Å². The molecule has 1 heterocycles. The van der Waals surface area contributed by atoms with Crippen LogP contribution in [0.4, 0.5) is 0 Å². The molecule has 2 aliphatic rings. The van der Waals surface area contributed by atoms with E-state index < -0.39 is 0 Å². The normalized spacial score (nSPS) is 25.4. The molecule has 1 atom stereocenters. The minimum Gasteiger partial charge on any atom is -0.478 e. The third-order valence-corrected chi connectivity index (χ3v) is 4.84. The molecule has 2 heteroatoms. The summed E-state index contributed by atoms with van der Waals surface area (Å²) in [4.78, 5) is 0. The Morgan fingerprint density at radius 1 is 1.20 bits per heavy atom. The molecule has 0 N–H and O–H groups in total. The van der Waals surface area contributed by atoms with Gasteiger partial charge in [0.1, 0.15) is 11.4 Å². The van der Waals surface area contributed by atoms with E-state index in [0.717, 1.165) is 28.3 Å². The molecule has 1 aliphatic carbocycles. The van der Waals surface area contributed by atoms with Crippen molar-refractivity contribution in [1.29, 1.82) is 0 Å². The first-order valence-corrected chi connectivity index (χ1v) is 7.76. The van der Waals surface area contributed by atoms with Gasteiger partial charge in [-0.15, -0.1) is 0 Å². The molecule has 0 aromatic heterocycles. The van der Waals surface area contributed by atoms with Crippen LogP contribution >= 0.6 is 11.6 Å². The molecule has 0 saturated heterocycles. The molecule has 3 rings (SSSR count). The lowest BCUT2D eigenvalue weighted by Crippen LogP contribution is -2.35. The van der Waals surface area contributed by atoms with E-state index in [4.69, 9.17) is 16.3 Å². The molecule has 20 heavy (non-hydrogen) atoms. The number of allylic oxidation sites excluding steroid dienone is 2. The van der Waals surface area contributed by atoms with Crippen LogP contribution in [0.3, 0.4) is 0 Å². The third-order valence-electron chi connectivity index (χ3n) is 4.43. The van der Waals surface area contributed by atoms with Gasteiger partial charge in [-0.25, -0.2) is 0 Å². The van der Waals surface area contributed by atoms with E-state index in [0.29, 0.717) is 0 Å². The standard InChI is InChI=1S/C18H21ClO/c1-12-9-17-15(10-16(12)19)13(2)11-18(3,20-17)14-7-5-4-6-8-14/h7,9-11H,4-6,8H2,1-3H3/t18-/m1/s1. The third kappa shape index (κ3) is 2.29. The Balaban J connectivity index is 2.05. The van der Waals surface area contributed by atoms with Crippen LogP contribution in [0.25, 0.3) is 5.57 Å². The maximum atomic E-state index is 6.36. The van der Waals surface area contributed by atoms with E-state index in [2.05, 4.69) is 32.1 Å². The highest BCUT2D eigenvalue weighted by Gasteiger charge is 2.34. The van der Waals surface area contributed by atoms with E-state index in [-0.39, 0.29) is 5.60 Å². The number of hydrogen-bond acceptors (Lipinski definition) is 1. The zero-order valence-corrected chi connectivity index (χ0v) is 13.2. The molecule has 0 bridgehead atoms. The summed E-state index contributed by atoms with van der Waals surface area (Å²) < 4.78 is 6.36. The predicted molar refractivity (Wildman–Crippen MR) is 85.4 cm³/mol. The largest absolute Gasteiger partial charge is 0.478 e. The first-order valence-electron chi connectivity index (χ1n) is 7.38. The lowest BCUT2D eigenvalue weighted by atomic mass is 9.83. The number of halogens is 1. The second-order valence-corrected chi connectivity index (χ2v) is 6.52. The quantitative estimate of drug-likeness (QED) is 0.602. The van der Waals surface area contributed by atoms with Crippen molar-refractivity contribution in [2.45, 2.75) is 52.1 Å². The van der Waals surface area contributed by atoms with Crippen molar-refractivity contribution in [1.82, 2.24) is 0 Å². The number of rotatable bonds is 1. The number of ether oxygens (including phenoxy) is 1. The van der Waals surface area contributed by atoms with Crippen LogP contribution in [-0.2, 0) is 0 Å². The smallest absolute Gasteiger partial charge is 0.146 e. The average molecular weight is 289 g/mol. The van der Waals surface area contributed by atoms with E-state index in [1.165, 1.54) is 30.4 Å². The minimum atomic E-state index is -0.294. The van der Waals surface area contributed by atoms with E-state index >= 15 is 0 Å². The second kappa shape index (κ2) is 4.96. The summed E-state index contributed by atoms with van der Waals surface area (Å²) in [5.74, 6) is 0.959. The van der Waals surface area contributed by atoms with E-state index in [1.807, 2.05) is 13.0 Å². The molecule has 0 saturated carbocycles. The summed E-state index contributed by atoms with van der Waals surface area (Å²) >= 11 is 6.24. The summed E-state index contributed by atoms with van der Waals surface area (Å²) in [6.45, 7) is 6.35. The zero-order valence-electron chi connectivity index (χ0n) is 12.4. The summed E-state index contributed by atoms with van der Waals surface area (Å²) in [6, 6.07) is 4.09. The van der Waals surface area contributed by atoms with Crippen molar-refractivity contribution in [2.75, 3.05) is 0 Å². The molecule has 1 aromatic rings. The number of hydrogen-bond donors (Lipinski definition) is 0. The summed E-state index contributed by atoms with van der Waals surface area (Å²) in [5.41, 5.74) is 4.57. The minimum absolute atomic E-state index is 0.294. The van der Waals surface area contributed by atoms with E-state index in [1.54, 1.807) is 0 Å². The maximum absolute atomic E-state index is 6.36. The van der Waals surface area contributed by atoms with Gasteiger partial charge >= 0.3 is 0 Å². The predicted octanol–water partition coefficient (Wildman–Crippen LogP) is 5.70. The van der Waals surface area contributed by atoms with Crippen LogP contribution < -0.4 is 4.74 Å². The van der Waals surface area contributed by atoms with Gasteiger partial charge in [-0.3, -0.25) is 0 Å². The molecule has 106 valence electrons. The molecule has 0 radical (unpaired) electrons. The average Bonchev–Trinajstić information content (AvgIpc) is 2.42. The molecular weight excluding hydrogens is 268 g/mol. The van der Waals surface area contributed by atoms with Gasteiger partial charge in [0.15, 0.2) is 0 Å². The zero-order chi connectivity index (χ0) is 14.3. The summed E-state index contributed by atoms with van der Waals surface area (Å²) in [7, 11) is 0. The highest BCUT2D eigenvalue weighted by molar-refractivity contribution is 6.31. The lowest BCUT2D eigenvalue weighted by molar-refractivity contribution is 0.168. The monoisotopic (exact) mass is 288 g/mol. The van der Waals surface area contributed by atoms with Gasteiger partial charge in [0.2, 0.25) is 0 Å². The number of benzene rings is 1. The Bertz CT molecular complexity index is 612. The molecule has 0 spiro atoms. The molecule has 0 unspecified atom stereocenters. The molecule has 1 aromatic carbocycles. The van der Waals surface area contributed by atoms with Crippen molar-refractivity contribution >= 4 is 17.2 Å². The van der Waals surface area contributed by atoms with Crippen LogP contribution in [0.2, 0.25) is 5.02 Å². The molecule has 0 fully saturated rings. The maximum Gasteiger partial charge on any atom is 0.146 e. The fourth-order valence-electron chi connectivity index (χ4n) is 3.24. The Labute approximate surface area is 126 Å². The summed E-state index contributed by atoms with van der Waals surface area (Å²) in [6.07, 6.45) is 9.49. The molecular formula is C18H21ClO. The van der Waals surface area contributed by atoms with Gasteiger partial charge in [0, 0.05) is 10.6 Å². The Kier molecular flexibility index (Phi) is 3.41. The topological polar surface area (TPSA) is 9.23 Å². The van der Waals surface area contributed by atoms with Crippen molar-refractivity contribution < 1.29 is 4.74 Å². The van der Waals surface area contributed by atoms with E-state index in [9.17, 15) is 0 Å². The van der Waals surface area contributed by atoms with Gasteiger partial charge in [-0.05, 0) is 81.4 Å².